The van der Waals surface area contributed by atoms with E-state index in [1.54, 1.807) is 6.07 Å². The van der Waals surface area contributed by atoms with Gasteiger partial charge in [0.05, 0.1) is 11.2 Å². The standard InChI is InChI=1S/C13H9FN6/c1-6-10-12(16-5-15-6)18-13(17-10)11-8-4-7(14)2-3-9(8)19-20-11/h2-5H,1H3,(H,19,20)(H,15,16,17,18). The zero-order valence-corrected chi connectivity index (χ0v) is 10.5. The predicted octanol–water partition coefficient (Wildman–Crippen LogP) is 2.34. The van der Waals surface area contributed by atoms with E-state index in [1.807, 2.05) is 6.92 Å². The minimum atomic E-state index is -0.313. The molecule has 0 atom stereocenters. The molecule has 3 aromatic heterocycles. The van der Waals surface area contributed by atoms with E-state index >= 15 is 0 Å². The minimum absolute atomic E-state index is 0.313. The van der Waals surface area contributed by atoms with Gasteiger partial charge in [-0.2, -0.15) is 5.10 Å². The summed E-state index contributed by atoms with van der Waals surface area (Å²) in [4.78, 5) is 15.8. The van der Waals surface area contributed by atoms with Crippen LogP contribution in [0.1, 0.15) is 5.69 Å². The van der Waals surface area contributed by atoms with E-state index < -0.39 is 0 Å². The molecule has 0 spiro atoms. The number of hydrogen-bond donors (Lipinski definition) is 2. The minimum Gasteiger partial charge on any atom is -0.321 e. The summed E-state index contributed by atoms with van der Waals surface area (Å²) in [6.07, 6.45) is 1.47. The fourth-order valence-electron chi connectivity index (χ4n) is 2.22. The number of halogens is 1. The molecule has 0 aliphatic carbocycles. The lowest BCUT2D eigenvalue weighted by Gasteiger charge is -1.92. The third-order valence-electron chi connectivity index (χ3n) is 3.21. The molecule has 0 saturated carbocycles. The molecule has 2 N–H and O–H groups in total. The van der Waals surface area contributed by atoms with Crippen LogP contribution in [-0.4, -0.2) is 30.1 Å². The fraction of sp³-hybridized carbons (Fsp3) is 0.0769. The number of fused-ring (bicyclic) bond motifs is 2. The van der Waals surface area contributed by atoms with E-state index in [9.17, 15) is 4.39 Å². The Morgan fingerprint density at radius 3 is 2.95 bits per heavy atom. The van der Waals surface area contributed by atoms with Crippen LogP contribution in [0, 0.1) is 12.7 Å². The van der Waals surface area contributed by atoms with Crippen molar-refractivity contribution in [1.82, 2.24) is 30.1 Å². The van der Waals surface area contributed by atoms with Crippen LogP contribution in [0.5, 0.6) is 0 Å². The Kier molecular flexibility index (Phi) is 2.11. The van der Waals surface area contributed by atoms with Gasteiger partial charge < -0.3 is 4.98 Å². The van der Waals surface area contributed by atoms with Crippen LogP contribution in [-0.2, 0) is 0 Å². The van der Waals surface area contributed by atoms with Gasteiger partial charge in [0.2, 0.25) is 0 Å². The predicted molar refractivity (Wildman–Crippen MR) is 71.5 cm³/mol. The molecule has 4 rings (SSSR count). The number of rotatable bonds is 1. The van der Waals surface area contributed by atoms with Gasteiger partial charge in [-0.25, -0.2) is 19.3 Å². The summed E-state index contributed by atoms with van der Waals surface area (Å²) in [5.41, 5.74) is 3.43. The van der Waals surface area contributed by atoms with Crippen molar-refractivity contribution in [3.8, 4) is 11.5 Å². The van der Waals surface area contributed by atoms with Crippen LogP contribution in [0.3, 0.4) is 0 Å². The van der Waals surface area contributed by atoms with Gasteiger partial charge in [0.15, 0.2) is 11.5 Å². The summed E-state index contributed by atoms with van der Waals surface area (Å²) in [5, 5.41) is 7.73. The maximum Gasteiger partial charge on any atom is 0.161 e. The number of aromatic nitrogens is 6. The number of aromatic amines is 2. The van der Waals surface area contributed by atoms with Crippen molar-refractivity contribution in [2.75, 3.05) is 0 Å². The van der Waals surface area contributed by atoms with Crippen molar-refractivity contribution >= 4 is 22.1 Å². The molecule has 0 unspecified atom stereocenters. The first-order valence-electron chi connectivity index (χ1n) is 6.04. The van der Waals surface area contributed by atoms with E-state index in [2.05, 4.69) is 30.1 Å². The summed E-state index contributed by atoms with van der Waals surface area (Å²) in [6, 6.07) is 4.47. The van der Waals surface area contributed by atoms with Gasteiger partial charge in [-0.1, -0.05) is 0 Å². The average molecular weight is 268 g/mol. The molecule has 0 saturated heterocycles. The van der Waals surface area contributed by atoms with Crippen molar-refractivity contribution in [3.05, 3.63) is 36.0 Å². The highest BCUT2D eigenvalue weighted by Gasteiger charge is 2.14. The van der Waals surface area contributed by atoms with Crippen molar-refractivity contribution < 1.29 is 4.39 Å². The monoisotopic (exact) mass is 268 g/mol. The Morgan fingerprint density at radius 2 is 2.10 bits per heavy atom. The molecule has 0 fully saturated rings. The van der Waals surface area contributed by atoms with Crippen LogP contribution in [0.2, 0.25) is 0 Å². The molecule has 98 valence electrons. The number of benzene rings is 1. The number of hydrogen-bond acceptors (Lipinski definition) is 4. The summed E-state index contributed by atoms with van der Waals surface area (Å²) in [6.45, 7) is 1.86. The quantitative estimate of drug-likeness (QED) is 0.555. The molecule has 0 bridgehead atoms. The highest BCUT2D eigenvalue weighted by molar-refractivity contribution is 5.92. The third-order valence-corrected chi connectivity index (χ3v) is 3.21. The normalized spacial score (nSPS) is 11.5. The first-order chi connectivity index (χ1) is 9.72. The Morgan fingerprint density at radius 1 is 1.20 bits per heavy atom. The van der Waals surface area contributed by atoms with Gasteiger partial charge >= 0.3 is 0 Å². The highest BCUT2D eigenvalue weighted by atomic mass is 19.1. The van der Waals surface area contributed by atoms with E-state index in [4.69, 9.17) is 0 Å². The molecule has 0 aliphatic rings. The van der Waals surface area contributed by atoms with Crippen LogP contribution in [0.4, 0.5) is 4.39 Å². The third kappa shape index (κ3) is 1.49. The van der Waals surface area contributed by atoms with Gasteiger partial charge in [0.25, 0.3) is 0 Å². The molecule has 6 nitrogen and oxygen atoms in total. The van der Waals surface area contributed by atoms with Gasteiger partial charge in [-0.05, 0) is 25.1 Å². The van der Waals surface area contributed by atoms with Gasteiger partial charge in [-0.3, -0.25) is 5.10 Å². The summed E-state index contributed by atoms with van der Waals surface area (Å²) in [7, 11) is 0. The largest absolute Gasteiger partial charge is 0.321 e. The summed E-state index contributed by atoms with van der Waals surface area (Å²) in [5.74, 6) is 0.229. The Bertz CT molecular complexity index is 938. The van der Waals surface area contributed by atoms with Crippen LogP contribution in [0.15, 0.2) is 24.5 Å². The van der Waals surface area contributed by atoms with Crippen molar-refractivity contribution in [2.45, 2.75) is 6.92 Å². The van der Waals surface area contributed by atoms with E-state index in [0.29, 0.717) is 28.1 Å². The van der Waals surface area contributed by atoms with Crippen LogP contribution in [0.25, 0.3) is 33.6 Å². The number of nitrogens with one attached hydrogen (secondary N) is 2. The number of nitrogens with zero attached hydrogens (tertiary/aromatic N) is 4. The van der Waals surface area contributed by atoms with E-state index in [0.717, 1.165) is 11.2 Å². The Balaban J connectivity index is 2.01. The van der Waals surface area contributed by atoms with Gasteiger partial charge in [0, 0.05) is 5.39 Å². The van der Waals surface area contributed by atoms with Gasteiger partial charge in [-0.15, -0.1) is 0 Å². The van der Waals surface area contributed by atoms with Crippen LogP contribution >= 0.6 is 0 Å². The Labute approximate surface area is 112 Å². The summed E-state index contributed by atoms with van der Waals surface area (Å²) >= 11 is 0. The number of aryl methyl sites for hydroxylation is 1. The van der Waals surface area contributed by atoms with Gasteiger partial charge in [0.1, 0.15) is 23.4 Å². The second-order valence-corrected chi connectivity index (χ2v) is 4.50. The topological polar surface area (TPSA) is 83.1 Å². The zero-order valence-electron chi connectivity index (χ0n) is 10.5. The molecular weight excluding hydrogens is 259 g/mol. The lowest BCUT2D eigenvalue weighted by Crippen LogP contribution is -1.84. The molecular formula is C13H9FN6. The van der Waals surface area contributed by atoms with Crippen molar-refractivity contribution in [2.24, 2.45) is 0 Å². The first kappa shape index (κ1) is 11.0. The second kappa shape index (κ2) is 3.83. The molecule has 0 aliphatic heterocycles. The van der Waals surface area contributed by atoms with E-state index in [-0.39, 0.29) is 5.82 Å². The van der Waals surface area contributed by atoms with E-state index in [1.165, 1.54) is 18.5 Å². The maximum absolute atomic E-state index is 13.4. The molecule has 4 aromatic rings. The maximum atomic E-state index is 13.4. The van der Waals surface area contributed by atoms with Crippen LogP contribution < -0.4 is 0 Å². The first-order valence-corrected chi connectivity index (χ1v) is 6.04. The number of H-pyrrole nitrogens is 2. The Hall–Kier alpha value is -2.83. The average Bonchev–Trinajstić information content (AvgIpc) is 3.02. The molecule has 7 heteroatoms. The molecule has 0 amide bonds. The lowest BCUT2D eigenvalue weighted by atomic mass is 10.2. The smallest absolute Gasteiger partial charge is 0.161 e. The zero-order chi connectivity index (χ0) is 13.7. The SMILES string of the molecule is Cc1ncnc2[nH]c(-c3n[nH]c4ccc(F)cc34)nc12. The molecule has 3 heterocycles. The highest BCUT2D eigenvalue weighted by Crippen LogP contribution is 2.26. The van der Waals surface area contributed by atoms with Crippen molar-refractivity contribution in [1.29, 1.82) is 0 Å². The molecule has 20 heavy (non-hydrogen) atoms. The lowest BCUT2D eigenvalue weighted by molar-refractivity contribution is 0.630. The van der Waals surface area contributed by atoms with Crippen molar-refractivity contribution in [3.63, 3.8) is 0 Å². The summed E-state index contributed by atoms with van der Waals surface area (Å²) < 4.78 is 13.4. The second-order valence-electron chi connectivity index (χ2n) is 4.50. The fourth-order valence-corrected chi connectivity index (χ4v) is 2.22. The number of imidazole rings is 1. The molecule has 1 aromatic carbocycles. The molecule has 0 radical (unpaired) electrons.